The molecule has 1 aromatic carbocycles. The number of piperazine rings is 1. The number of halogens is 4. The molecule has 2 saturated heterocycles. The normalized spacial score (nSPS) is 19.5. The second-order valence-electron chi connectivity index (χ2n) is 8.29. The Morgan fingerprint density at radius 1 is 1.00 bits per heavy atom. The number of carbonyl (C=O) groups excluding carboxylic acids is 2. The van der Waals surface area contributed by atoms with Crippen LogP contribution >= 0.6 is 11.6 Å². The molecule has 2 aliphatic heterocycles. The quantitative estimate of drug-likeness (QED) is 0.667. The highest BCUT2D eigenvalue weighted by atomic mass is 35.5. The maximum absolute atomic E-state index is 13.4. The molecule has 10 heteroatoms. The zero-order valence-corrected chi connectivity index (χ0v) is 18.6. The summed E-state index contributed by atoms with van der Waals surface area (Å²) in [6.45, 7) is 2.18. The van der Waals surface area contributed by atoms with Crippen molar-refractivity contribution in [2.24, 2.45) is 5.92 Å². The smallest absolute Gasteiger partial charge is 0.355 e. The van der Waals surface area contributed by atoms with E-state index in [1.54, 1.807) is 39.0 Å². The van der Waals surface area contributed by atoms with Gasteiger partial charge in [0.15, 0.2) is 0 Å². The fourth-order valence-electron chi connectivity index (χ4n) is 4.43. The lowest BCUT2D eigenvalue weighted by molar-refractivity contribution is -0.137. The van der Waals surface area contributed by atoms with Crippen molar-refractivity contribution in [3.05, 3.63) is 58.7 Å². The van der Waals surface area contributed by atoms with Crippen LogP contribution in [-0.2, 0) is 11.0 Å². The summed E-state index contributed by atoms with van der Waals surface area (Å²) in [7, 11) is 0. The molecule has 2 aliphatic rings. The number of pyridine rings is 1. The van der Waals surface area contributed by atoms with Gasteiger partial charge in [0.25, 0.3) is 5.91 Å². The molecule has 33 heavy (non-hydrogen) atoms. The number of nitrogens with zero attached hydrogens (tertiary/aromatic N) is 4. The Hall–Kier alpha value is -2.81. The van der Waals surface area contributed by atoms with E-state index in [2.05, 4.69) is 4.98 Å². The number of alkyl halides is 3. The molecule has 1 unspecified atom stereocenters. The average Bonchev–Trinajstić information content (AvgIpc) is 2.83. The van der Waals surface area contributed by atoms with Crippen molar-refractivity contribution < 1.29 is 22.8 Å². The number of hydrogen-bond acceptors (Lipinski definition) is 4. The third kappa shape index (κ3) is 5.24. The average molecular weight is 481 g/mol. The molecule has 6 nitrogen and oxygen atoms in total. The molecule has 0 radical (unpaired) electrons. The molecule has 2 amide bonds. The Balaban J connectivity index is 1.38. The van der Waals surface area contributed by atoms with E-state index in [0.29, 0.717) is 56.2 Å². The van der Waals surface area contributed by atoms with E-state index in [1.165, 1.54) is 12.3 Å². The second kappa shape index (κ2) is 9.59. The van der Waals surface area contributed by atoms with Crippen molar-refractivity contribution in [1.82, 2.24) is 14.8 Å². The number of aromatic nitrogens is 1. The second-order valence-corrected chi connectivity index (χ2v) is 8.72. The minimum atomic E-state index is -4.51. The van der Waals surface area contributed by atoms with E-state index in [0.717, 1.165) is 6.07 Å². The summed E-state index contributed by atoms with van der Waals surface area (Å²) in [6, 6.07) is 9.02. The van der Waals surface area contributed by atoms with Crippen molar-refractivity contribution in [3.8, 4) is 0 Å². The molecular weight excluding hydrogens is 457 g/mol. The fourth-order valence-corrected chi connectivity index (χ4v) is 4.62. The number of amides is 2. The lowest BCUT2D eigenvalue weighted by Gasteiger charge is -2.39. The molecule has 0 spiro atoms. The molecule has 0 saturated carbocycles. The first kappa shape index (κ1) is 23.4. The highest BCUT2D eigenvalue weighted by molar-refractivity contribution is 6.30. The zero-order valence-electron chi connectivity index (χ0n) is 17.9. The molecule has 0 N–H and O–H groups in total. The third-order valence-electron chi connectivity index (χ3n) is 6.11. The Labute approximate surface area is 194 Å². The molecule has 4 rings (SSSR count). The number of benzene rings is 1. The molecule has 0 aliphatic carbocycles. The van der Waals surface area contributed by atoms with Gasteiger partial charge in [0.1, 0.15) is 5.82 Å². The Bertz CT molecular complexity index is 1020. The van der Waals surface area contributed by atoms with Crippen LogP contribution < -0.4 is 4.90 Å². The van der Waals surface area contributed by atoms with Gasteiger partial charge < -0.3 is 14.7 Å². The molecule has 1 aromatic heterocycles. The highest BCUT2D eigenvalue weighted by Crippen LogP contribution is 2.36. The van der Waals surface area contributed by atoms with Gasteiger partial charge >= 0.3 is 6.18 Å². The summed E-state index contributed by atoms with van der Waals surface area (Å²) < 4.78 is 40.2. The largest absolute Gasteiger partial charge is 0.419 e. The van der Waals surface area contributed by atoms with Crippen molar-refractivity contribution in [2.45, 2.75) is 19.0 Å². The van der Waals surface area contributed by atoms with Crippen LogP contribution in [0.25, 0.3) is 0 Å². The van der Waals surface area contributed by atoms with Crippen LogP contribution in [-0.4, -0.2) is 65.9 Å². The first-order chi connectivity index (χ1) is 15.7. The van der Waals surface area contributed by atoms with Gasteiger partial charge in [0, 0.05) is 56.1 Å². The first-order valence-electron chi connectivity index (χ1n) is 10.8. The van der Waals surface area contributed by atoms with Crippen molar-refractivity contribution in [1.29, 1.82) is 0 Å². The monoisotopic (exact) mass is 480 g/mol. The van der Waals surface area contributed by atoms with E-state index in [1.807, 2.05) is 0 Å². The van der Waals surface area contributed by atoms with Crippen LogP contribution in [0.4, 0.5) is 19.0 Å². The van der Waals surface area contributed by atoms with Gasteiger partial charge in [-0.15, -0.1) is 0 Å². The van der Waals surface area contributed by atoms with Crippen LogP contribution in [0.1, 0.15) is 28.8 Å². The van der Waals surface area contributed by atoms with Gasteiger partial charge in [-0.2, -0.15) is 13.2 Å². The molecule has 176 valence electrons. The lowest BCUT2D eigenvalue weighted by atomic mass is 9.95. The molecule has 3 heterocycles. The van der Waals surface area contributed by atoms with Crippen molar-refractivity contribution in [3.63, 3.8) is 0 Å². The standard InChI is InChI=1S/C23H24ClF3N4O2/c24-18-6-1-4-16(14-18)21(32)29-10-12-30(13-11-29)22(33)17-5-3-9-31(15-17)20-19(23(25,26)27)7-2-8-28-20/h1-2,4,6-8,14,17H,3,5,9-13,15H2. The SMILES string of the molecule is O=C(c1cccc(Cl)c1)N1CCN(C(=O)C2CCCN(c3ncccc3C(F)(F)F)C2)CC1. The molecule has 0 bridgehead atoms. The summed E-state index contributed by atoms with van der Waals surface area (Å²) >= 11 is 5.97. The minimum Gasteiger partial charge on any atom is -0.355 e. The molecule has 1 atom stereocenters. The fraction of sp³-hybridized carbons (Fsp3) is 0.435. The number of piperidine rings is 1. The number of hydrogen-bond donors (Lipinski definition) is 0. The predicted octanol–water partition coefficient (Wildman–Crippen LogP) is 3.95. The summed E-state index contributed by atoms with van der Waals surface area (Å²) in [5, 5.41) is 0.484. The van der Waals surface area contributed by atoms with Crippen molar-refractivity contribution in [2.75, 3.05) is 44.2 Å². The van der Waals surface area contributed by atoms with Crippen LogP contribution in [0.3, 0.4) is 0 Å². The molecule has 2 fully saturated rings. The van der Waals surface area contributed by atoms with Gasteiger partial charge in [-0.1, -0.05) is 17.7 Å². The van der Waals surface area contributed by atoms with Gasteiger partial charge in [-0.25, -0.2) is 4.98 Å². The van der Waals surface area contributed by atoms with E-state index >= 15 is 0 Å². The van der Waals surface area contributed by atoms with Crippen LogP contribution in [0.5, 0.6) is 0 Å². The van der Waals surface area contributed by atoms with Crippen molar-refractivity contribution >= 4 is 29.2 Å². The maximum Gasteiger partial charge on any atom is 0.419 e. The topological polar surface area (TPSA) is 56.8 Å². The summed E-state index contributed by atoms with van der Waals surface area (Å²) in [5.74, 6) is -0.751. The van der Waals surface area contributed by atoms with E-state index in [4.69, 9.17) is 11.6 Å². The van der Waals surface area contributed by atoms with E-state index in [-0.39, 0.29) is 24.2 Å². The number of carbonyl (C=O) groups is 2. The molecule has 2 aromatic rings. The summed E-state index contributed by atoms with van der Waals surface area (Å²) in [4.78, 5) is 34.8. The maximum atomic E-state index is 13.4. The van der Waals surface area contributed by atoms with Crippen LogP contribution in [0.2, 0.25) is 5.02 Å². The minimum absolute atomic E-state index is 0.0842. The van der Waals surface area contributed by atoms with Crippen LogP contribution in [0, 0.1) is 5.92 Å². The van der Waals surface area contributed by atoms with Crippen LogP contribution in [0.15, 0.2) is 42.6 Å². The number of rotatable bonds is 3. The van der Waals surface area contributed by atoms with Gasteiger partial charge in [0.2, 0.25) is 5.91 Å². The summed E-state index contributed by atoms with van der Waals surface area (Å²) in [6.07, 6.45) is -1.94. The van der Waals surface area contributed by atoms with Gasteiger partial charge in [0.05, 0.1) is 11.5 Å². The summed E-state index contributed by atoms with van der Waals surface area (Å²) in [5.41, 5.74) is -0.285. The van der Waals surface area contributed by atoms with Gasteiger partial charge in [-0.3, -0.25) is 9.59 Å². The first-order valence-corrected chi connectivity index (χ1v) is 11.2. The number of anilines is 1. The molecular formula is C23H24ClF3N4O2. The zero-order chi connectivity index (χ0) is 23.6. The Kier molecular flexibility index (Phi) is 6.78. The highest BCUT2D eigenvalue weighted by Gasteiger charge is 2.38. The lowest BCUT2D eigenvalue weighted by Crippen LogP contribution is -2.53. The van der Waals surface area contributed by atoms with Gasteiger partial charge in [-0.05, 0) is 43.2 Å². The van der Waals surface area contributed by atoms with E-state index < -0.39 is 17.7 Å². The predicted molar refractivity (Wildman–Crippen MR) is 118 cm³/mol. The van der Waals surface area contributed by atoms with E-state index in [9.17, 15) is 22.8 Å². The Morgan fingerprint density at radius 3 is 2.42 bits per heavy atom. The third-order valence-corrected chi connectivity index (χ3v) is 6.35. The Morgan fingerprint density at radius 2 is 1.73 bits per heavy atom.